The third-order valence-electron chi connectivity index (χ3n) is 2.72. The Morgan fingerprint density at radius 3 is 2.94 bits per heavy atom. The molecule has 0 N–H and O–H groups in total. The van der Waals surface area contributed by atoms with Gasteiger partial charge in [0.25, 0.3) is 0 Å². The van der Waals surface area contributed by atoms with Crippen LogP contribution in [0.4, 0.5) is 4.39 Å². The van der Waals surface area contributed by atoms with Crippen molar-refractivity contribution in [3.05, 3.63) is 47.9 Å². The average Bonchev–Trinajstić information content (AvgIpc) is 2.98. The smallest absolute Gasteiger partial charge is 0.125 e. The van der Waals surface area contributed by atoms with Crippen molar-refractivity contribution in [3.8, 4) is 0 Å². The van der Waals surface area contributed by atoms with Crippen LogP contribution in [-0.4, -0.2) is 14.7 Å². The van der Waals surface area contributed by atoms with Gasteiger partial charge in [-0.3, -0.25) is 0 Å². The summed E-state index contributed by atoms with van der Waals surface area (Å²) in [5.74, 6) is 0.638. The summed E-state index contributed by atoms with van der Waals surface area (Å²) in [6, 6.07) is 6.22. The van der Waals surface area contributed by atoms with Crippen LogP contribution in [0.3, 0.4) is 0 Å². The Hall–Kier alpha value is -1.88. The quantitative estimate of drug-likeness (QED) is 0.684. The summed E-state index contributed by atoms with van der Waals surface area (Å²) in [5, 5.41) is 3.84. The molecule has 0 amide bonds. The Balaban J connectivity index is 2.15. The molecule has 4 nitrogen and oxygen atoms in total. The van der Waals surface area contributed by atoms with Crippen LogP contribution in [0.2, 0.25) is 0 Å². The lowest BCUT2D eigenvalue weighted by molar-refractivity contribution is 0.409. The molecule has 0 bridgehead atoms. The topological polar surface area (TPSA) is 43.9 Å². The van der Waals surface area contributed by atoms with Crippen molar-refractivity contribution < 1.29 is 8.91 Å². The normalized spacial score (nSPS) is 11.2. The van der Waals surface area contributed by atoms with E-state index in [4.69, 9.17) is 16.1 Å². The van der Waals surface area contributed by atoms with Gasteiger partial charge >= 0.3 is 0 Å². The van der Waals surface area contributed by atoms with Gasteiger partial charge < -0.3 is 9.09 Å². The number of rotatable bonds is 3. The van der Waals surface area contributed by atoms with Crippen molar-refractivity contribution in [1.82, 2.24) is 14.7 Å². The van der Waals surface area contributed by atoms with Crippen LogP contribution in [0.25, 0.3) is 11.0 Å². The molecule has 0 saturated carbocycles. The lowest BCUT2D eigenvalue weighted by atomic mass is 10.3. The summed E-state index contributed by atoms with van der Waals surface area (Å²) in [7, 11) is 0. The zero-order valence-corrected chi connectivity index (χ0v) is 10.1. The molecule has 0 unspecified atom stereocenters. The first-order valence-corrected chi connectivity index (χ1v) is 5.91. The number of fused-ring (bicyclic) bond motifs is 1. The summed E-state index contributed by atoms with van der Waals surface area (Å²) in [6.07, 6.45) is 1.50. The van der Waals surface area contributed by atoms with E-state index in [2.05, 4.69) is 10.1 Å². The first kappa shape index (κ1) is 11.2. The Labute approximate surface area is 107 Å². The van der Waals surface area contributed by atoms with E-state index in [0.29, 0.717) is 17.9 Å². The second-order valence-electron chi connectivity index (χ2n) is 3.87. The predicted octanol–water partition coefficient (Wildman–Crippen LogP) is 2.95. The molecular formula is C12H9ClFN3O. The number of imidazole rings is 1. The van der Waals surface area contributed by atoms with Gasteiger partial charge in [-0.1, -0.05) is 5.16 Å². The number of alkyl halides is 1. The lowest BCUT2D eigenvalue weighted by Crippen LogP contribution is -2.04. The highest BCUT2D eigenvalue weighted by molar-refractivity contribution is 6.16. The third-order valence-corrected chi connectivity index (χ3v) is 2.96. The van der Waals surface area contributed by atoms with Crippen LogP contribution in [0.15, 0.2) is 35.1 Å². The van der Waals surface area contributed by atoms with E-state index in [9.17, 15) is 4.39 Å². The number of hydrogen-bond donors (Lipinski definition) is 0. The maximum Gasteiger partial charge on any atom is 0.125 e. The summed E-state index contributed by atoms with van der Waals surface area (Å²) in [6.45, 7) is 0.457. The van der Waals surface area contributed by atoms with E-state index < -0.39 is 0 Å². The van der Waals surface area contributed by atoms with Crippen LogP contribution >= 0.6 is 11.6 Å². The van der Waals surface area contributed by atoms with Crippen LogP contribution in [-0.2, 0) is 12.4 Å². The van der Waals surface area contributed by atoms with E-state index in [1.165, 1.54) is 18.4 Å². The first-order valence-electron chi connectivity index (χ1n) is 5.38. The van der Waals surface area contributed by atoms with Crippen LogP contribution in [0, 0.1) is 5.82 Å². The molecule has 92 valence electrons. The minimum absolute atomic E-state index is 0.258. The molecule has 18 heavy (non-hydrogen) atoms. The van der Waals surface area contributed by atoms with Crippen molar-refractivity contribution in [2.24, 2.45) is 0 Å². The molecule has 0 saturated heterocycles. The second-order valence-corrected chi connectivity index (χ2v) is 4.14. The summed E-state index contributed by atoms with van der Waals surface area (Å²) >= 11 is 5.86. The fraction of sp³-hybridized carbons (Fsp3) is 0.167. The van der Waals surface area contributed by atoms with Gasteiger partial charge in [-0.25, -0.2) is 9.37 Å². The Bertz CT molecular complexity index is 678. The van der Waals surface area contributed by atoms with Crippen molar-refractivity contribution in [1.29, 1.82) is 0 Å². The maximum atomic E-state index is 13.3. The van der Waals surface area contributed by atoms with Crippen molar-refractivity contribution in [3.63, 3.8) is 0 Å². The van der Waals surface area contributed by atoms with E-state index in [1.54, 1.807) is 12.1 Å². The fourth-order valence-electron chi connectivity index (χ4n) is 1.91. The molecule has 3 aromatic rings. The molecule has 0 aliphatic carbocycles. The third kappa shape index (κ3) is 1.86. The Morgan fingerprint density at radius 1 is 1.33 bits per heavy atom. The van der Waals surface area contributed by atoms with Gasteiger partial charge in [-0.15, -0.1) is 11.6 Å². The van der Waals surface area contributed by atoms with Gasteiger partial charge in [0.1, 0.15) is 23.6 Å². The molecule has 0 spiro atoms. The highest BCUT2D eigenvalue weighted by atomic mass is 35.5. The number of halogens is 2. The van der Waals surface area contributed by atoms with Gasteiger partial charge in [0.05, 0.1) is 23.5 Å². The van der Waals surface area contributed by atoms with Crippen LogP contribution < -0.4 is 0 Å². The predicted molar refractivity (Wildman–Crippen MR) is 64.9 cm³/mol. The summed E-state index contributed by atoms with van der Waals surface area (Å²) in [4.78, 5) is 4.36. The van der Waals surface area contributed by atoms with Crippen molar-refractivity contribution >= 4 is 22.6 Å². The number of benzene rings is 1. The molecule has 6 heteroatoms. The molecule has 0 aliphatic rings. The lowest BCUT2D eigenvalue weighted by Gasteiger charge is -2.04. The number of hydrogen-bond acceptors (Lipinski definition) is 3. The molecule has 0 atom stereocenters. The van der Waals surface area contributed by atoms with Gasteiger partial charge in [0.15, 0.2) is 0 Å². The minimum Gasteiger partial charge on any atom is -0.364 e. The Morgan fingerprint density at radius 2 is 2.22 bits per heavy atom. The van der Waals surface area contributed by atoms with Crippen LogP contribution in [0.1, 0.15) is 11.5 Å². The molecular weight excluding hydrogens is 257 g/mol. The fourth-order valence-corrected chi connectivity index (χ4v) is 2.11. The molecule has 0 fully saturated rings. The summed E-state index contributed by atoms with van der Waals surface area (Å²) in [5.41, 5.74) is 2.16. The Kier molecular flexibility index (Phi) is 2.76. The zero-order valence-electron chi connectivity index (χ0n) is 9.31. The maximum absolute atomic E-state index is 13.3. The zero-order chi connectivity index (χ0) is 12.5. The molecule has 1 aromatic carbocycles. The SMILES string of the molecule is Fc1ccc2nc(CCl)n(Cc3ccon3)c2c1. The minimum atomic E-state index is -0.301. The van der Waals surface area contributed by atoms with E-state index >= 15 is 0 Å². The highest BCUT2D eigenvalue weighted by Crippen LogP contribution is 2.20. The first-order chi connectivity index (χ1) is 8.78. The summed E-state index contributed by atoms with van der Waals surface area (Å²) < 4.78 is 19.9. The van der Waals surface area contributed by atoms with E-state index in [1.807, 2.05) is 4.57 Å². The second kappa shape index (κ2) is 4.42. The van der Waals surface area contributed by atoms with E-state index in [0.717, 1.165) is 11.2 Å². The molecule has 3 rings (SSSR count). The van der Waals surface area contributed by atoms with Gasteiger partial charge in [-0.05, 0) is 18.2 Å². The molecule has 0 radical (unpaired) electrons. The van der Waals surface area contributed by atoms with Crippen molar-refractivity contribution in [2.45, 2.75) is 12.4 Å². The van der Waals surface area contributed by atoms with Gasteiger partial charge in [-0.2, -0.15) is 0 Å². The monoisotopic (exact) mass is 265 g/mol. The van der Waals surface area contributed by atoms with E-state index in [-0.39, 0.29) is 11.7 Å². The van der Waals surface area contributed by atoms with Crippen molar-refractivity contribution in [2.75, 3.05) is 0 Å². The molecule has 0 aliphatic heterocycles. The average molecular weight is 266 g/mol. The van der Waals surface area contributed by atoms with Gasteiger partial charge in [0.2, 0.25) is 0 Å². The highest BCUT2D eigenvalue weighted by Gasteiger charge is 2.12. The standard InChI is InChI=1S/C12H9ClFN3O/c13-6-12-15-10-2-1-8(14)5-11(10)17(12)7-9-3-4-18-16-9/h1-5H,6-7H2. The number of aromatic nitrogens is 3. The molecule has 2 aromatic heterocycles. The largest absolute Gasteiger partial charge is 0.364 e. The van der Waals surface area contributed by atoms with Crippen LogP contribution in [0.5, 0.6) is 0 Å². The van der Waals surface area contributed by atoms with Gasteiger partial charge in [0, 0.05) is 6.07 Å². The molecule has 2 heterocycles. The number of nitrogens with zero attached hydrogens (tertiary/aromatic N) is 3.